The molecule has 6 heteroatoms. The maximum Gasteiger partial charge on any atom is 0.317 e. The maximum absolute atomic E-state index is 13.0. The lowest BCUT2D eigenvalue weighted by Gasteiger charge is -2.40. The number of H-pyrrole nitrogens is 1. The Hall–Kier alpha value is -2.89. The average Bonchev–Trinajstić information content (AvgIpc) is 3.21. The van der Waals surface area contributed by atoms with Crippen molar-refractivity contribution in [2.24, 2.45) is 0 Å². The number of hydrogen-bond donors (Lipinski definition) is 1. The number of Topliss-reactive ketones (excluding diaryl/α,β-unsaturated/α-hetero) is 1. The molecule has 1 aromatic carbocycles. The monoisotopic (exact) mass is 354 g/mol. The Morgan fingerprint density at radius 2 is 1.77 bits per heavy atom. The summed E-state index contributed by atoms with van der Waals surface area (Å²) in [6.45, 7) is 2.21. The van der Waals surface area contributed by atoms with Crippen LogP contribution in [0.1, 0.15) is 35.8 Å². The molecule has 0 atom stereocenters. The molecule has 0 aliphatic carbocycles. The largest absolute Gasteiger partial charge is 0.457 e. The first kappa shape index (κ1) is 17.9. The van der Waals surface area contributed by atoms with Crippen molar-refractivity contribution in [3.05, 3.63) is 59.9 Å². The maximum atomic E-state index is 13.0. The van der Waals surface area contributed by atoms with E-state index in [1.54, 1.807) is 23.2 Å². The molecular formula is C20H22N2O4. The standard InChI is InChI=1S/C20H22N2O4/c1-15(23)22-12-9-20(10-13-22,16-6-3-2-4-7-16)19(25)26-14-18(24)17-8-5-11-21-17/h2-8,11,21H,9-10,12-14H2,1H3. The SMILES string of the molecule is CC(=O)N1CCC(C(=O)OCC(=O)c2ccc[nH]2)(c2ccccc2)CC1. The molecule has 2 aromatic rings. The fraction of sp³-hybridized carbons (Fsp3) is 0.350. The lowest BCUT2D eigenvalue weighted by atomic mass is 9.72. The van der Waals surface area contributed by atoms with Crippen LogP contribution in [0.25, 0.3) is 0 Å². The molecule has 3 rings (SSSR count). The highest BCUT2D eigenvalue weighted by Crippen LogP contribution is 2.37. The number of nitrogens with one attached hydrogen (secondary N) is 1. The summed E-state index contributed by atoms with van der Waals surface area (Å²) in [6, 6.07) is 12.8. The summed E-state index contributed by atoms with van der Waals surface area (Å²) in [5.74, 6) is -0.679. The van der Waals surface area contributed by atoms with Gasteiger partial charge in [0.2, 0.25) is 11.7 Å². The number of hydrogen-bond acceptors (Lipinski definition) is 4. The van der Waals surface area contributed by atoms with E-state index in [9.17, 15) is 14.4 Å². The van der Waals surface area contributed by atoms with Gasteiger partial charge in [0.15, 0.2) is 6.61 Å². The number of rotatable bonds is 5. The summed E-state index contributed by atoms with van der Waals surface area (Å²) < 4.78 is 5.41. The van der Waals surface area contributed by atoms with Crippen LogP contribution in [0.15, 0.2) is 48.7 Å². The van der Waals surface area contributed by atoms with Crippen molar-refractivity contribution in [3.63, 3.8) is 0 Å². The Balaban J connectivity index is 1.77. The highest BCUT2D eigenvalue weighted by molar-refractivity contribution is 5.97. The van der Waals surface area contributed by atoms with E-state index in [0.29, 0.717) is 31.6 Å². The van der Waals surface area contributed by atoms with E-state index >= 15 is 0 Å². The average molecular weight is 354 g/mol. The van der Waals surface area contributed by atoms with Crippen LogP contribution in [0.3, 0.4) is 0 Å². The molecule has 0 spiro atoms. The molecule has 136 valence electrons. The highest BCUT2D eigenvalue weighted by Gasteiger charge is 2.44. The molecule has 1 N–H and O–H groups in total. The number of benzene rings is 1. The molecule has 0 bridgehead atoms. The number of aromatic amines is 1. The lowest BCUT2D eigenvalue weighted by Crippen LogP contribution is -2.49. The topological polar surface area (TPSA) is 79.5 Å². The summed E-state index contributed by atoms with van der Waals surface area (Å²) in [5.41, 5.74) is 0.446. The number of aromatic nitrogens is 1. The van der Waals surface area contributed by atoms with Crippen LogP contribution in [0, 0.1) is 0 Å². The number of ether oxygens (including phenoxy) is 1. The zero-order valence-electron chi connectivity index (χ0n) is 14.7. The van der Waals surface area contributed by atoms with Gasteiger partial charge < -0.3 is 14.6 Å². The molecule has 1 fully saturated rings. The fourth-order valence-corrected chi connectivity index (χ4v) is 3.42. The van der Waals surface area contributed by atoms with Crippen molar-refractivity contribution in [3.8, 4) is 0 Å². The number of ketones is 1. The molecule has 0 unspecified atom stereocenters. The Labute approximate surface area is 152 Å². The van der Waals surface area contributed by atoms with Crippen molar-refractivity contribution >= 4 is 17.7 Å². The van der Waals surface area contributed by atoms with Gasteiger partial charge >= 0.3 is 5.97 Å². The second-order valence-corrected chi connectivity index (χ2v) is 6.54. The van der Waals surface area contributed by atoms with E-state index in [4.69, 9.17) is 4.74 Å². The number of piperidine rings is 1. The molecule has 1 aliphatic heterocycles. The quantitative estimate of drug-likeness (QED) is 0.660. The minimum absolute atomic E-state index is 0.00181. The number of nitrogens with zero attached hydrogens (tertiary/aromatic N) is 1. The second-order valence-electron chi connectivity index (χ2n) is 6.54. The highest BCUT2D eigenvalue weighted by atomic mass is 16.5. The molecule has 6 nitrogen and oxygen atoms in total. The third-order valence-corrected chi connectivity index (χ3v) is 5.01. The summed E-state index contributed by atoms with van der Waals surface area (Å²) in [4.78, 5) is 41.3. The first-order valence-electron chi connectivity index (χ1n) is 8.68. The van der Waals surface area contributed by atoms with Gasteiger partial charge in [-0.05, 0) is 30.5 Å². The van der Waals surface area contributed by atoms with Crippen LogP contribution in [0.2, 0.25) is 0 Å². The summed E-state index contributed by atoms with van der Waals surface area (Å²) in [5, 5.41) is 0. The van der Waals surface area contributed by atoms with Gasteiger partial charge in [-0.3, -0.25) is 14.4 Å². The normalized spacial score (nSPS) is 16.1. The van der Waals surface area contributed by atoms with Gasteiger partial charge in [-0.2, -0.15) is 0 Å². The van der Waals surface area contributed by atoms with Gasteiger partial charge in [0.1, 0.15) is 0 Å². The molecule has 1 aromatic heterocycles. The molecule has 1 amide bonds. The van der Waals surface area contributed by atoms with Gasteiger partial charge in [0.05, 0.1) is 11.1 Å². The number of amides is 1. The van der Waals surface area contributed by atoms with E-state index in [-0.39, 0.29) is 18.3 Å². The molecule has 0 radical (unpaired) electrons. The smallest absolute Gasteiger partial charge is 0.317 e. The first-order chi connectivity index (χ1) is 12.5. The lowest BCUT2D eigenvalue weighted by molar-refractivity contribution is -0.153. The van der Waals surface area contributed by atoms with E-state index in [2.05, 4.69) is 4.98 Å². The third kappa shape index (κ3) is 3.54. The predicted octanol–water partition coefficient (Wildman–Crippen LogP) is 2.32. The molecule has 0 saturated carbocycles. The number of likely N-dealkylation sites (tertiary alicyclic amines) is 1. The predicted molar refractivity (Wildman–Crippen MR) is 95.7 cm³/mol. The van der Waals surface area contributed by atoms with Crippen LogP contribution >= 0.6 is 0 Å². The van der Waals surface area contributed by atoms with Crippen LogP contribution < -0.4 is 0 Å². The number of esters is 1. The summed E-state index contributed by atoms with van der Waals surface area (Å²) in [7, 11) is 0. The summed E-state index contributed by atoms with van der Waals surface area (Å²) >= 11 is 0. The van der Waals surface area contributed by atoms with Gasteiger partial charge in [-0.1, -0.05) is 30.3 Å². The van der Waals surface area contributed by atoms with Gasteiger partial charge in [0, 0.05) is 26.2 Å². The van der Waals surface area contributed by atoms with Crippen molar-refractivity contribution < 1.29 is 19.1 Å². The molecule has 2 heterocycles. The Morgan fingerprint density at radius 3 is 2.35 bits per heavy atom. The number of carbonyl (C=O) groups excluding carboxylic acids is 3. The first-order valence-corrected chi connectivity index (χ1v) is 8.68. The van der Waals surface area contributed by atoms with E-state index in [1.807, 2.05) is 30.3 Å². The minimum Gasteiger partial charge on any atom is -0.457 e. The second kappa shape index (κ2) is 7.56. The molecular weight excluding hydrogens is 332 g/mol. The number of carbonyl (C=O) groups is 3. The third-order valence-electron chi connectivity index (χ3n) is 5.01. The van der Waals surface area contributed by atoms with E-state index in [1.165, 1.54) is 6.92 Å². The van der Waals surface area contributed by atoms with E-state index in [0.717, 1.165) is 5.56 Å². The molecule has 1 saturated heterocycles. The molecule has 26 heavy (non-hydrogen) atoms. The van der Waals surface area contributed by atoms with Crippen molar-refractivity contribution in [1.29, 1.82) is 0 Å². The Morgan fingerprint density at radius 1 is 1.08 bits per heavy atom. The van der Waals surface area contributed by atoms with Crippen molar-refractivity contribution in [2.75, 3.05) is 19.7 Å². The summed E-state index contributed by atoms with van der Waals surface area (Å²) in [6.07, 6.45) is 2.61. The molecule has 1 aliphatic rings. The van der Waals surface area contributed by atoms with Crippen molar-refractivity contribution in [2.45, 2.75) is 25.2 Å². The fourth-order valence-electron chi connectivity index (χ4n) is 3.42. The Bertz CT molecular complexity index is 775. The zero-order valence-corrected chi connectivity index (χ0v) is 14.7. The van der Waals surface area contributed by atoms with E-state index < -0.39 is 11.4 Å². The Kier molecular flexibility index (Phi) is 5.21. The van der Waals surface area contributed by atoms with Gasteiger partial charge in [-0.25, -0.2) is 0 Å². The minimum atomic E-state index is -0.830. The van der Waals surface area contributed by atoms with Gasteiger partial charge in [-0.15, -0.1) is 0 Å². The van der Waals surface area contributed by atoms with Crippen LogP contribution in [0.5, 0.6) is 0 Å². The van der Waals surface area contributed by atoms with Crippen LogP contribution in [-0.4, -0.2) is 47.2 Å². The van der Waals surface area contributed by atoms with Crippen LogP contribution in [0.4, 0.5) is 0 Å². The zero-order chi connectivity index (χ0) is 18.6. The van der Waals surface area contributed by atoms with Crippen molar-refractivity contribution in [1.82, 2.24) is 9.88 Å². The van der Waals surface area contributed by atoms with Crippen LogP contribution in [-0.2, 0) is 19.7 Å². The van der Waals surface area contributed by atoms with Gasteiger partial charge in [0.25, 0.3) is 0 Å².